The first-order chi connectivity index (χ1) is 10.7. The number of carbonyl (C=O) groups excluding carboxylic acids is 1. The molecule has 2 heterocycles. The Kier molecular flexibility index (Phi) is 3.55. The number of halogens is 1. The van der Waals surface area contributed by atoms with Gasteiger partial charge >= 0.3 is 0 Å². The lowest BCUT2D eigenvalue weighted by Crippen LogP contribution is -2.41. The van der Waals surface area contributed by atoms with Crippen LogP contribution in [0.2, 0.25) is 5.02 Å². The summed E-state index contributed by atoms with van der Waals surface area (Å²) >= 11 is 6.26. The lowest BCUT2D eigenvalue weighted by molar-refractivity contribution is 0.0787. The molecule has 0 unspecified atom stereocenters. The number of hydrogen-bond acceptors (Lipinski definition) is 2. The first-order valence-electron chi connectivity index (χ1n) is 7.94. The molecule has 2 saturated heterocycles. The minimum Gasteiger partial charge on any atom is -0.337 e. The maximum absolute atomic E-state index is 13.0. The van der Waals surface area contributed by atoms with Crippen molar-refractivity contribution in [2.75, 3.05) is 19.6 Å². The molecule has 0 aromatic heterocycles. The van der Waals surface area contributed by atoms with Crippen LogP contribution < -0.4 is 5.32 Å². The Hall–Kier alpha value is -1.58. The van der Waals surface area contributed by atoms with Crippen LogP contribution in [-0.4, -0.2) is 36.5 Å². The molecule has 2 atom stereocenters. The standard InChI is InChI=1S/C18H19ClN2O/c19-16-8-2-5-13-14(16)6-1-7-15(13)18(22)21-10-12-4-3-9-20-17(12)11-21/h1-2,5-8,12,17,20H,3-4,9-11H2/t12-,17+/m0/s1. The van der Waals surface area contributed by atoms with Crippen molar-refractivity contribution in [1.29, 1.82) is 0 Å². The molecule has 0 bridgehead atoms. The molecule has 3 nitrogen and oxygen atoms in total. The highest BCUT2D eigenvalue weighted by atomic mass is 35.5. The topological polar surface area (TPSA) is 32.3 Å². The second kappa shape index (κ2) is 5.56. The predicted molar refractivity (Wildman–Crippen MR) is 89.4 cm³/mol. The number of piperidine rings is 1. The maximum Gasteiger partial charge on any atom is 0.254 e. The van der Waals surface area contributed by atoms with Gasteiger partial charge in [-0.2, -0.15) is 0 Å². The molecule has 22 heavy (non-hydrogen) atoms. The van der Waals surface area contributed by atoms with Gasteiger partial charge in [0.25, 0.3) is 5.91 Å². The molecule has 0 spiro atoms. The van der Waals surface area contributed by atoms with Gasteiger partial charge in [-0.05, 0) is 42.8 Å². The number of benzene rings is 2. The van der Waals surface area contributed by atoms with E-state index in [2.05, 4.69) is 5.32 Å². The molecular formula is C18H19ClN2O. The van der Waals surface area contributed by atoms with E-state index < -0.39 is 0 Å². The van der Waals surface area contributed by atoms with Gasteiger partial charge in [0, 0.05) is 35.1 Å². The normalized spacial score (nSPS) is 24.5. The van der Waals surface area contributed by atoms with E-state index in [0.717, 1.165) is 36.0 Å². The van der Waals surface area contributed by atoms with Crippen LogP contribution in [0.5, 0.6) is 0 Å². The molecule has 114 valence electrons. The van der Waals surface area contributed by atoms with Crippen LogP contribution in [-0.2, 0) is 0 Å². The number of hydrogen-bond donors (Lipinski definition) is 1. The van der Waals surface area contributed by atoms with E-state index in [4.69, 9.17) is 11.6 Å². The molecule has 1 amide bonds. The highest BCUT2D eigenvalue weighted by molar-refractivity contribution is 6.36. The summed E-state index contributed by atoms with van der Waals surface area (Å²) in [5.74, 6) is 0.736. The predicted octanol–water partition coefficient (Wildman–Crippen LogP) is 3.32. The zero-order valence-electron chi connectivity index (χ0n) is 12.4. The summed E-state index contributed by atoms with van der Waals surface area (Å²) in [6, 6.07) is 12.0. The summed E-state index contributed by atoms with van der Waals surface area (Å²) < 4.78 is 0. The van der Waals surface area contributed by atoms with Crippen molar-refractivity contribution in [3.8, 4) is 0 Å². The van der Waals surface area contributed by atoms with E-state index in [-0.39, 0.29) is 5.91 Å². The SMILES string of the molecule is O=C(c1cccc2c(Cl)cccc12)N1C[C@@H]2CCCN[C@@H]2C1. The Labute approximate surface area is 135 Å². The van der Waals surface area contributed by atoms with Crippen LogP contribution in [0.1, 0.15) is 23.2 Å². The van der Waals surface area contributed by atoms with Gasteiger partial charge in [-0.3, -0.25) is 4.79 Å². The van der Waals surface area contributed by atoms with Crippen molar-refractivity contribution in [3.63, 3.8) is 0 Å². The minimum absolute atomic E-state index is 0.129. The van der Waals surface area contributed by atoms with Crippen LogP contribution in [0.4, 0.5) is 0 Å². The number of likely N-dealkylation sites (tertiary alicyclic amines) is 1. The van der Waals surface area contributed by atoms with Crippen LogP contribution in [0.15, 0.2) is 36.4 Å². The summed E-state index contributed by atoms with van der Waals surface area (Å²) in [4.78, 5) is 15.0. The molecule has 0 radical (unpaired) electrons. The summed E-state index contributed by atoms with van der Waals surface area (Å²) in [5.41, 5.74) is 0.763. The third-order valence-corrected chi connectivity index (χ3v) is 5.32. The van der Waals surface area contributed by atoms with Gasteiger partial charge in [-0.25, -0.2) is 0 Å². The van der Waals surface area contributed by atoms with Gasteiger partial charge < -0.3 is 10.2 Å². The third kappa shape index (κ3) is 2.29. The van der Waals surface area contributed by atoms with E-state index in [9.17, 15) is 4.79 Å². The highest BCUT2D eigenvalue weighted by Gasteiger charge is 2.36. The molecule has 1 N–H and O–H groups in total. The molecule has 2 aromatic carbocycles. The number of nitrogens with one attached hydrogen (secondary N) is 1. The average Bonchev–Trinajstić information content (AvgIpc) is 2.98. The summed E-state index contributed by atoms with van der Waals surface area (Å²) in [7, 11) is 0. The molecule has 4 heteroatoms. The maximum atomic E-state index is 13.0. The molecule has 2 aliphatic rings. The molecular weight excluding hydrogens is 296 g/mol. The minimum atomic E-state index is 0.129. The molecule has 2 aromatic rings. The largest absolute Gasteiger partial charge is 0.337 e. The van der Waals surface area contributed by atoms with Gasteiger partial charge in [-0.1, -0.05) is 35.9 Å². The fourth-order valence-corrected chi connectivity index (χ4v) is 4.08. The highest BCUT2D eigenvalue weighted by Crippen LogP contribution is 2.30. The van der Waals surface area contributed by atoms with E-state index in [1.54, 1.807) is 0 Å². The van der Waals surface area contributed by atoms with Crippen LogP contribution in [0, 0.1) is 5.92 Å². The fourth-order valence-electron chi connectivity index (χ4n) is 3.84. The van der Waals surface area contributed by atoms with Gasteiger partial charge in [0.2, 0.25) is 0 Å². The van der Waals surface area contributed by atoms with Crippen LogP contribution in [0.25, 0.3) is 10.8 Å². The first kappa shape index (κ1) is 14.0. The molecule has 4 rings (SSSR count). The van der Waals surface area contributed by atoms with Crippen LogP contribution in [0.3, 0.4) is 0 Å². The van der Waals surface area contributed by atoms with Crippen molar-refractivity contribution in [1.82, 2.24) is 10.2 Å². The van der Waals surface area contributed by atoms with E-state index in [1.165, 1.54) is 12.8 Å². The average molecular weight is 315 g/mol. The molecule has 2 aliphatic heterocycles. The van der Waals surface area contributed by atoms with Gasteiger partial charge in [-0.15, -0.1) is 0 Å². The Balaban J connectivity index is 1.67. The number of rotatable bonds is 1. The van der Waals surface area contributed by atoms with Crippen molar-refractivity contribution in [2.45, 2.75) is 18.9 Å². The summed E-state index contributed by atoms with van der Waals surface area (Å²) in [5, 5.41) is 6.14. The smallest absolute Gasteiger partial charge is 0.254 e. The summed E-state index contributed by atoms with van der Waals surface area (Å²) in [6.07, 6.45) is 2.44. The van der Waals surface area contributed by atoms with Crippen molar-refractivity contribution in [3.05, 3.63) is 47.0 Å². The molecule has 0 aliphatic carbocycles. The van der Waals surface area contributed by atoms with E-state index in [1.807, 2.05) is 41.3 Å². The first-order valence-corrected chi connectivity index (χ1v) is 8.32. The van der Waals surface area contributed by atoms with Crippen LogP contribution >= 0.6 is 11.6 Å². The van der Waals surface area contributed by atoms with Crippen molar-refractivity contribution >= 4 is 28.3 Å². The Morgan fingerprint density at radius 2 is 1.95 bits per heavy atom. The fraction of sp³-hybridized carbons (Fsp3) is 0.389. The van der Waals surface area contributed by atoms with Crippen molar-refractivity contribution < 1.29 is 4.79 Å². The second-order valence-corrected chi connectivity index (χ2v) is 6.72. The van der Waals surface area contributed by atoms with E-state index in [0.29, 0.717) is 17.0 Å². The third-order valence-electron chi connectivity index (χ3n) is 4.99. The Bertz CT molecular complexity index is 716. The Morgan fingerprint density at radius 3 is 2.82 bits per heavy atom. The monoisotopic (exact) mass is 314 g/mol. The number of carbonyl (C=O) groups is 1. The number of nitrogens with zero attached hydrogens (tertiary/aromatic N) is 1. The number of amides is 1. The zero-order valence-corrected chi connectivity index (χ0v) is 13.1. The van der Waals surface area contributed by atoms with Gasteiger partial charge in [0.15, 0.2) is 0 Å². The van der Waals surface area contributed by atoms with Gasteiger partial charge in [0.05, 0.1) is 0 Å². The molecule has 0 saturated carbocycles. The van der Waals surface area contributed by atoms with Gasteiger partial charge in [0.1, 0.15) is 0 Å². The zero-order chi connectivity index (χ0) is 15.1. The van der Waals surface area contributed by atoms with Crippen molar-refractivity contribution in [2.24, 2.45) is 5.92 Å². The quantitative estimate of drug-likeness (QED) is 0.876. The lowest BCUT2D eigenvalue weighted by atomic mass is 9.94. The Morgan fingerprint density at radius 1 is 1.14 bits per heavy atom. The second-order valence-electron chi connectivity index (χ2n) is 6.31. The van der Waals surface area contributed by atoms with E-state index >= 15 is 0 Å². The number of fused-ring (bicyclic) bond motifs is 2. The lowest BCUT2D eigenvalue weighted by Gasteiger charge is -2.24. The summed E-state index contributed by atoms with van der Waals surface area (Å²) in [6.45, 7) is 2.76. The molecule has 2 fully saturated rings.